The second-order valence-corrected chi connectivity index (χ2v) is 6.77. The Morgan fingerprint density at radius 3 is 2.55 bits per heavy atom. The highest BCUT2D eigenvalue weighted by Gasteiger charge is 2.26. The molecule has 0 saturated heterocycles. The van der Waals surface area contributed by atoms with Crippen LogP contribution in [0.15, 0.2) is 12.1 Å². The van der Waals surface area contributed by atoms with Gasteiger partial charge in [-0.25, -0.2) is 0 Å². The van der Waals surface area contributed by atoms with Crippen molar-refractivity contribution in [3.63, 3.8) is 0 Å². The number of nitrogens with two attached hydrogens (primary N) is 1. The van der Waals surface area contributed by atoms with Crippen LogP contribution >= 0.6 is 0 Å². The highest BCUT2D eigenvalue weighted by molar-refractivity contribution is 5.95. The maximum Gasteiger partial charge on any atom is 0.224 e. The zero-order valence-corrected chi connectivity index (χ0v) is 13.1. The Morgan fingerprint density at radius 2 is 1.95 bits per heavy atom. The third kappa shape index (κ3) is 2.74. The minimum atomic E-state index is 0.0704. The molecule has 0 fully saturated rings. The summed E-state index contributed by atoms with van der Waals surface area (Å²) in [6.45, 7) is 8.88. The van der Waals surface area contributed by atoms with Gasteiger partial charge < -0.3 is 16.0 Å². The van der Waals surface area contributed by atoms with E-state index in [9.17, 15) is 4.79 Å². The molecule has 1 atom stereocenters. The fraction of sp³-hybridized carbons (Fsp3) is 0.562. The van der Waals surface area contributed by atoms with Crippen molar-refractivity contribution >= 4 is 23.0 Å². The van der Waals surface area contributed by atoms with E-state index in [4.69, 9.17) is 5.73 Å². The molecule has 3 N–H and O–H groups in total. The minimum Gasteiger partial charge on any atom is -0.397 e. The first kappa shape index (κ1) is 14.7. The monoisotopic (exact) mass is 275 g/mol. The van der Waals surface area contributed by atoms with Crippen molar-refractivity contribution in [2.75, 3.05) is 23.0 Å². The lowest BCUT2D eigenvalue weighted by Crippen LogP contribution is -2.39. The maximum absolute atomic E-state index is 11.4. The van der Waals surface area contributed by atoms with E-state index in [0.717, 1.165) is 17.8 Å². The second-order valence-electron chi connectivity index (χ2n) is 6.77. The van der Waals surface area contributed by atoms with Gasteiger partial charge in [-0.15, -0.1) is 0 Å². The van der Waals surface area contributed by atoms with Crippen LogP contribution in [0, 0.1) is 5.41 Å². The number of nitrogen functional groups attached to an aromatic ring is 1. The van der Waals surface area contributed by atoms with Crippen LogP contribution in [-0.2, 0) is 11.2 Å². The molecule has 1 aromatic rings. The fourth-order valence-electron chi connectivity index (χ4n) is 2.53. The summed E-state index contributed by atoms with van der Waals surface area (Å²) in [5, 5.41) is 2.89. The van der Waals surface area contributed by atoms with E-state index < -0.39 is 0 Å². The molecular weight excluding hydrogens is 250 g/mol. The molecule has 1 amide bonds. The number of hydrogen-bond acceptors (Lipinski definition) is 3. The summed E-state index contributed by atoms with van der Waals surface area (Å²) in [7, 11) is 2.08. The van der Waals surface area contributed by atoms with E-state index in [2.05, 4.69) is 51.0 Å². The summed E-state index contributed by atoms with van der Waals surface area (Å²) >= 11 is 0. The van der Waals surface area contributed by atoms with Crippen LogP contribution in [0.4, 0.5) is 17.1 Å². The number of carbonyl (C=O) groups is 1. The molecule has 4 heteroatoms. The van der Waals surface area contributed by atoms with Gasteiger partial charge in [0.2, 0.25) is 5.91 Å². The summed E-state index contributed by atoms with van der Waals surface area (Å²) in [5.74, 6) is 0.0704. The molecule has 0 radical (unpaired) electrons. The molecule has 1 unspecified atom stereocenters. The standard InChI is InChI=1S/C16H25N3O/c1-10(16(2,3)4)19(5)14-8-11-6-7-15(20)18-13(11)9-12(14)17/h8-10H,6-7,17H2,1-5H3,(H,18,20). The predicted molar refractivity (Wildman–Crippen MR) is 85.1 cm³/mol. The van der Waals surface area contributed by atoms with Gasteiger partial charge in [0, 0.05) is 25.2 Å². The smallest absolute Gasteiger partial charge is 0.224 e. The van der Waals surface area contributed by atoms with Crippen LogP contribution in [0.2, 0.25) is 0 Å². The number of carbonyl (C=O) groups excluding carboxylic acids is 1. The average Bonchev–Trinajstić information content (AvgIpc) is 2.35. The first-order valence-electron chi connectivity index (χ1n) is 7.15. The highest BCUT2D eigenvalue weighted by Crippen LogP contribution is 2.36. The third-order valence-electron chi connectivity index (χ3n) is 4.36. The maximum atomic E-state index is 11.4. The van der Waals surface area contributed by atoms with Crippen LogP contribution < -0.4 is 16.0 Å². The third-order valence-corrected chi connectivity index (χ3v) is 4.36. The molecule has 0 aliphatic carbocycles. The van der Waals surface area contributed by atoms with E-state index in [1.165, 1.54) is 5.56 Å². The molecule has 1 aliphatic rings. The number of amides is 1. The van der Waals surface area contributed by atoms with Gasteiger partial charge >= 0.3 is 0 Å². The van der Waals surface area contributed by atoms with Crippen molar-refractivity contribution in [2.45, 2.75) is 46.6 Å². The van der Waals surface area contributed by atoms with Gasteiger partial charge in [0.1, 0.15) is 0 Å². The van der Waals surface area contributed by atoms with Crippen LogP contribution in [0.1, 0.15) is 39.7 Å². The Kier molecular flexibility index (Phi) is 3.67. The Balaban J connectivity index is 2.36. The Bertz CT molecular complexity index is 531. The van der Waals surface area contributed by atoms with Crippen molar-refractivity contribution in [2.24, 2.45) is 5.41 Å². The fourth-order valence-corrected chi connectivity index (χ4v) is 2.53. The quantitative estimate of drug-likeness (QED) is 0.816. The highest BCUT2D eigenvalue weighted by atomic mass is 16.1. The van der Waals surface area contributed by atoms with Crippen LogP contribution in [0.5, 0.6) is 0 Å². The van der Waals surface area contributed by atoms with Gasteiger partial charge in [0.15, 0.2) is 0 Å². The Morgan fingerprint density at radius 1 is 1.30 bits per heavy atom. The molecule has 110 valence electrons. The number of benzene rings is 1. The van der Waals surface area contributed by atoms with Crippen molar-refractivity contribution in [1.29, 1.82) is 0 Å². The number of aryl methyl sites for hydroxylation is 1. The van der Waals surface area contributed by atoms with Gasteiger partial charge in [0.25, 0.3) is 0 Å². The van der Waals surface area contributed by atoms with Crippen molar-refractivity contribution in [3.05, 3.63) is 17.7 Å². The first-order valence-corrected chi connectivity index (χ1v) is 7.15. The zero-order chi connectivity index (χ0) is 15.1. The average molecular weight is 275 g/mol. The largest absolute Gasteiger partial charge is 0.397 e. The molecule has 0 saturated carbocycles. The Labute approximate surface area is 121 Å². The zero-order valence-electron chi connectivity index (χ0n) is 13.1. The molecule has 0 spiro atoms. The number of hydrogen-bond donors (Lipinski definition) is 2. The lowest BCUT2D eigenvalue weighted by Gasteiger charge is -2.38. The summed E-state index contributed by atoms with van der Waals surface area (Å²) in [6.07, 6.45) is 1.33. The van der Waals surface area contributed by atoms with Crippen LogP contribution in [0.25, 0.3) is 0 Å². The number of nitrogens with zero attached hydrogens (tertiary/aromatic N) is 1. The van der Waals surface area contributed by atoms with E-state index in [0.29, 0.717) is 18.2 Å². The van der Waals surface area contributed by atoms with Crippen molar-refractivity contribution < 1.29 is 4.79 Å². The summed E-state index contributed by atoms with van der Waals surface area (Å²) in [4.78, 5) is 13.7. The molecule has 1 aromatic carbocycles. The van der Waals surface area contributed by atoms with E-state index >= 15 is 0 Å². The molecule has 1 aliphatic heterocycles. The minimum absolute atomic E-state index is 0.0704. The van der Waals surface area contributed by atoms with E-state index in [1.807, 2.05) is 6.07 Å². The molecular formula is C16H25N3O. The first-order chi connectivity index (χ1) is 9.20. The summed E-state index contributed by atoms with van der Waals surface area (Å²) in [5.41, 5.74) is 10.1. The van der Waals surface area contributed by atoms with Crippen LogP contribution in [0.3, 0.4) is 0 Å². The Hall–Kier alpha value is -1.71. The van der Waals surface area contributed by atoms with Gasteiger partial charge in [-0.1, -0.05) is 20.8 Å². The van der Waals surface area contributed by atoms with Gasteiger partial charge in [-0.3, -0.25) is 4.79 Å². The molecule has 4 nitrogen and oxygen atoms in total. The number of rotatable bonds is 2. The molecule has 1 heterocycles. The molecule has 0 bridgehead atoms. The summed E-state index contributed by atoms with van der Waals surface area (Å²) in [6, 6.07) is 4.36. The van der Waals surface area contributed by atoms with Gasteiger partial charge in [-0.2, -0.15) is 0 Å². The molecule has 0 aromatic heterocycles. The lowest BCUT2D eigenvalue weighted by molar-refractivity contribution is -0.116. The SMILES string of the molecule is CC(N(C)c1cc2c(cc1N)NC(=O)CC2)C(C)(C)C. The molecule has 20 heavy (non-hydrogen) atoms. The number of nitrogens with one attached hydrogen (secondary N) is 1. The van der Waals surface area contributed by atoms with Gasteiger partial charge in [-0.05, 0) is 36.5 Å². The van der Waals surface area contributed by atoms with Crippen molar-refractivity contribution in [3.8, 4) is 0 Å². The van der Waals surface area contributed by atoms with Gasteiger partial charge in [0.05, 0.1) is 11.4 Å². The normalized spacial score (nSPS) is 16.4. The van der Waals surface area contributed by atoms with E-state index in [1.54, 1.807) is 0 Å². The summed E-state index contributed by atoms with van der Waals surface area (Å²) < 4.78 is 0. The van der Waals surface area contributed by atoms with E-state index in [-0.39, 0.29) is 11.3 Å². The number of anilines is 3. The second kappa shape index (κ2) is 5.00. The molecule has 2 rings (SSSR count). The lowest BCUT2D eigenvalue weighted by atomic mass is 9.86. The topological polar surface area (TPSA) is 58.4 Å². The predicted octanol–water partition coefficient (Wildman–Crippen LogP) is 3.02. The van der Waals surface area contributed by atoms with Crippen LogP contribution in [-0.4, -0.2) is 19.0 Å². The van der Waals surface area contributed by atoms with Crippen molar-refractivity contribution in [1.82, 2.24) is 0 Å². The number of fused-ring (bicyclic) bond motifs is 1.